The van der Waals surface area contributed by atoms with Gasteiger partial charge in [0.25, 0.3) is 0 Å². The number of piperazine rings is 1. The molecule has 9 heteroatoms. The molecule has 1 N–H and O–H groups in total. The predicted octanol–water partition coefficient (Wildman–Crippen LogP) is -0.334. The summed E-state index contributed by atoms with van der Waals surface area (Å²) in [6.45, 7) is 6.92. The first-order valence-corrected chi connectivity index (χ1v) is 9.77. The van der Waals surface area contributed by atoms with Crippen molar-refractivity contribution in [1.29, 1.82) is 0 Å². The second-order valence-corrected chi connectivity index (χ2v) is 7.39. The number of aromatic nitrogens is 2. The van der Waals surface area contributed by atoms with Gasteiger partial charge in [-0.05, 0) is 6.92 Å². The van der Waals surface area contributed by atoms with Crippen LogP contribution in [0.1, 0.15) is 17.3 Å². The molecule has 2 saturated heterocycles. The third-order valence-corrected chi connectivity index (χ3v) is 5.43. The Balaban J connectivity index is 1.96. The highest BCUT2D eigenvalue weighted by Gasteiger charge is 2.27. The minimum atomic E-state index is -0.785. The minimum absolute atomic E-state index is 0.331. The van der Waals surface area contributed by atoms with Crippen molar-refractivity contribution in [2.75, 3.05) is 67.2 Å². The van der Waals surface area contributed by atoms with Gasteiger partial charge in [0.15, 0.2) is 6.29 Å². The largest absolute Gasteiger partial charge is 0.616 e. The van der Waals surface area contributed by atoms with Crippen molar-refractivity contribution in [2.45, 2.75) is 6.92 Å². The number of hydrogen-bond acceptors (Lipinski definition) is 8. The second kappa shape index (κ2) is 8.00. The first-order chi connectivity index (χ1) is 11.7. The van der Waals surface area contributed by atoms with Crippen molar-refractivity contribution in [1.82, 2.24) is 15.3 Å². The third kappa shape index (κ3) is 3.73. The molecule has 0 radical (unpaired) electrons. The number of hydrogen-bond donors (Lipinski definition) is 1. The van der Waals surface area contributed by atoms with Crippen LogP contribution >= 0.6 is 0 Å². The zero-order valence-electron chi connectivity index (χ0n) is 13.9. The first-order valence-electron chi connectivity index (χ1n) is 8.28. The van der Waals surface area contributed by atoms with Crippen molar-refractivity contribution in [3.63, 3.8) is 0 Å². The fourth-order valence-electron chi connectivity index (χ4n) is 2.87. The van der Waals surface area contributed by atoms with Crippen LogP contribution in [-0.2, 0) is 11.2 Å². The lowest BCUT2D eigenvalue weighted by Crippen LogP contribution is -2.45. The Labute approximate surface area is 144 Å². The zero-order valence-corrected chi connectivity index (χ0v) is 14.7. The summed E-state index contributed by atoms with van der Waals surface area (Å²) in [6, 6.07) is 0. The lowest BCUT2D eigenvalue weighted by molar-refractivity contribution is 0.111. The van der Waals surface area contributed by atoms with E-state index in [9.17, 15) is 9.35 Å². The molecule has 0 atom stereocenters. The molecule has 132 valence electrons. The Hall–Kier alpha value is -1.58. The maximum atomic E-state index is 11.6. The zero-order chi connectivity index (χ0) is 16.9. The number of carbonyl (C=O) groups is 1. The van der Waals surface area contributed by atoms with Crippen LogP contribution < -0.4 is 19.9 Å². The average Bonchev–Trinajstić information content (AvgIpc) is 2.63. The summed E-state index contributed by atoms with van der Waals surface area (Å²) in [5, 5.41) is 3.30. The maximum absolute atomic E-state index is 11.6. The van der Waals surface area contributed by atoms with E-state index in [1.54, 1.807) is 0 Å². The van der Waals surface area contributed by atoms with E-state index in [0.717, 1.165) is 32.5 Å². The van der Waals surface area contributed by atoms with E-state index in [4.69, 9.17) is 4.74 Å². The molecule has 0 saturated carbocycles. The maximum Gasteiger partial charge on any atom is 0.231 e. The summed E-state index contributed by atoms with van der Waals surface area (Å²) >= 11 is -0.785. The predicted molar refractivity (Wildman–Crippen MR) is 93.8 cm³/mol. The highest BCUT2D eigenvalue weighted by molar-refractivity contribution is 7.91. The van der Waals surface area contributed by atoms with E-state index in [0.29, 0.717) is 54.4 Å². The van der Waals surface area contributed by atoms with Gasteiger partial charge in [-0.15, -0.1) is 0 Å². The van der Waals surface area contributed by atoms with E-state index in [-0.39, 0.29) is 0 Å². The molecule has 0 aliphatic carbocycles. The molecule has 1 aromatic heterocycles. The molecule has 2 aliphatic rings. The van der Waals surface area contributed by atoms with Gasteiger partial charge < -0.3 is 24.4 Å². The van der Waals surface area contributed by atoms with E-state index in [1.165, 1.54) is 0 Å². The Bertz CT molecular complexity index is 574. The molecule has 0 bridgehead atoms. The molecule has 2 fully saturated rings. The van der Waals surface area contributed by atoms with Crippen LogP contribution in [0.25, 0.3) is 0 Å². The topological polar surface area (TPSA) is 93.7 Å². The summed E-state index contributed by atoms with van der Waals surface area (Å²) in [7, 11) is 0. The van der Waals surface area contributed by atoms with Crippen molar-refractivity contribution in [3.8, 4) is 5.88 Å². The fraction of sp³-hybridized carbons (Fsp3) is 0.667. The summed E-state index contributed by atoms with van der Waals surface area (Å²) < 4.78 is 17.2. The molecule has 3 heterocycles. The van der Waals surface area contributed by atoms with Gasteiger partial charge in [0, 0.05) is 26.2 Å². The van der Waals surface area contributed by atoms with E-state index >= 15 is 0 Å². The molecule has 3 rings (SSSR count). The van der Waals surface area contributed by atoms with Gasteiger partial charge in [-0.3, -0.25) is 4.79 Å². The van der Waals surface area contributed by atoms with Crippen molar-refractivity contribution in [3.05, 3.63) is 5.56 Å². The van der Waals surface area contributed by atoms with Gasteiger partial charge in [0.2, 0.25) is 11.8 Å². The van der Waals surface area contributed by atoms with Crippen molar-refractivity contribution >= 4 is 29.2 Å². The second-order valence-electron chi connectivity index (χ2n) is 5.69. The normalized spacial score (nSPS) is 19.4. The van der Waals surface area contributed by atoms with Gasteiger partial charge in [0.1, 0.15) is 22.9 Å². The van der Waals surface area contributed by atoms with E-state index in [1.807, 2.05) is 11.8 Å². The standard InChI is InChI=1S/C15H23N5O3S/c1-2-23-14-12(11-21)13(19-7-9-24(22)10-8-19)17-15(18-14)20-5-3-16-4-6-20/h11,16H,2-10H2,1H3. The van der Waals surface area contributed by atoms with E-state index < -0.39 is 11.2 Å². The number of rotatable bonds is 5. The van der Waals surface area contributed by atoms with Crippen LogP contribution in [0.5, 0.6) is 5.88 Å². The first kappa shape index (κ1) is 17.2. The van der Waals surface area contributed by atoms with Crippen LogP contribution in [0.3, 0.4) is 0 Å². The van der Waals surface area contributed by atoms with Gasteiger partial charge in [0.05, 0.1) is 19.7 Å². The van der Waals surface area contributed by atoms with Crippen molar-refractivity contribution < 1.29 is 14.1 Å². The monoisotopic (exact) mass is 353 g/mol. The smallest absolute Gasteiger partial charge is 0.231 e. The molecule has 0 unspecified atom stereocenters. The highest BCUT2D eigenvalue weighted by atomic mass is 32.2. The number of nitrogens with zero attached hydrogens (tertiary/aromatic N) is 4. The summed E-state index contributed by atoms with van der Waals surface area (Å²) in [4.78, 5) is 24.9. The molecule has 0 amide bonds. The minimum Gasteiger partial charge on any atom is -0.616 e. The van der Waals surface area contributed by atoms with Gasteiger partial charge in [-0.25, -0.2) is 0 Å². The molecule has 8 nitrogen and oxygen atoms in total. The van der Waals surface area contributed by atoms with Crippen LogP contribution in [-0.4, -0.2) is 78.2 Å². The number of anilines is 2. The fourth-order valence-corrected chi connectivity index (χ4v) is 3.93. The lowest BCUT2D eigenvalue weighted by Gasteiger charge is -2.32. The summed E-state index contributed by atoms with van der Waals surface area (Å²) in [5.74, 6) is 2.70. The molecular formula is C15H23N5O3S. The van der Waals surface area contributed by atoms with Gasteiger partial charge in [-0.1, -0.05) is 11.2 Å². The SMILES string of the molecule is CCOc1nc(N2CCNCC2)nc(N2CC[S+]([O-])CC2)c1C=O. The quantitative estimate of drug-likeness (QED) is 0.568. The van der Waals surface area contributed by atoms with Gasteiger partial charge in [-0.2, -0.15) is 9.97 Å². The average molecular weight is 353 g/mol. The number of ether oxygens (including phenoxy) is 1. The third-order valence-electron chi connectivity index (χ3n) is 4.15. The Kier molecular flexibility index (Phi) is 5.75. The van der Waals surface area contributed by atoms with Crippen LogP contribution in [0.4, 0.5) is 11.8 Å². The molecular weight excluding hydrogens is 330 g/mol. The van der Waals surface area contributed by atoms with Gasteiger partial charge >= 0.3 is 0 Å². The highest BCUT2D eigenvalue weighted by Crippen LogP contribution is 2.29. The summed E-state index contributed by atoms with van der Waals surface area (Å²) in [5.41, 5.74) is 0.378. The van der Waals surface area contributed by atoms with Crippen LogP contribution in [0, 0.1) is 0 Å². The summed E-state index contributed by atoms with van der Waals surface area (Å²) in [6.07, 6.45) is 0.757. The number of aldehydes is 1. The molecule has 0 aromatic carbocycles. The molecule has 2 aliphatic heterocycles. The van der Waals surface area contributed by atoms with E-state index in [2.05, 4.69) is 20.2 Å². The lowest BCUT2D eigenvalue weighted by atomic mass is 10.2. The molecule has 1 aromatic rings. The number of carbonyl (C=O) groups excluding carboxylic acids is 1. The molecule has 24 heavy (non-hydrogen) atoms. The van der Waals surface area contributed by atoms with Crippen LogP contribution in [0.2, 0.25) is 0 Å². The van der Waals surface area contributed by atoms with Crippen molar-refractivity contribution in [2.24, 2.45) is 0 Å². The Morgan fingerprint density at radius 3 is 2.54 bits per heavy atom. The Morgan fingerprint density at radius 1 is 1.21 bits per heavy atom. The van der Waals surface area contributed by atoms with Crippen LogP contribution in [0.15, 0.2) is 0 Å². The number of nitrogens with one attached hydrogen (secondary N) is 1. The molecule has 0 spiro atoms. The Morgan fingerprint density at radius 2 is 1.92 bits per heavy atom.